The summed E-state index contributed by atoms with van der Waals surface area (Å²) < 4.78 is 0.875. The Morgan fingerprint density at radius 1 is 0.892 bits per heavy atom. The standard InChI is InChI=1S/C29H28BrN3O4/c1-18-17-20(5-12-24(18)30)27(35)25-26(19-3-10-23(34)11-4-19)33(29(37)28(25)36)22-8-6-21(7-9-22)32-15-13-31(2)14-16-32/h3-12,17,26,34-35H,13-16H2,1-2H3/b27-25-. The number of ketones is 1. The summed E-state index contributed by atoms with van der Waals surface area (Å²) in [5.41, 5.74) is 3.58. The van der Waals surface area contributed by atoms with Gasteiger partial charge in [-0.2, -0.15) is 0 Å². The van der Waals surface area contributed by atoms with Gasteiger partial charge in [-0.25, -0.2) is 0 Å². The highest BCUT2D eigenvalue weighted by Crippen LogP contribution is 2.43. The molecule has 1 atom stereocenters. The van der Waals surface area contributed by atoms with Crippen LogP contribution < -0.4 is 9.80 Å². The summed E-state index contributed by atoms with van der Waals surface area (Å²) in [4.78, 5) is 32.8. The van der Waals surface area contributed by atoms with Crippen LogP contribution in [0.3, 0.4) is 0 Å². The SMILES string of the molecule is Cc1cc(/C(O)=C2/C(=O)C(=O)N(c3ccc(N4CCN(C)CC4)cc3)C2c2ccc(O)cc2)ccc1Br. The number of phenolic OH excluding ortho intramolecular Hbond substituents is 1. The molecular formula is C29H28BrN3O4. The molecule has 2 heterocycles. The Labute approximate surface area is 224 Å². The first-order valence-corrected chi connectivity index (χ1v) is 12.9. The Bertz CT molecular complexity index is 1380. The summed E-state index contributed by atoms with van der Waals surface area (Å²) in [5.74, 6) is -1.62. The zero-order valence-corrected chi connectivity index (χ0v) is 22.3. The predicted octanol–water partition coefficient (Wildman–Crippen LogP) is 4.84. The molecule has 3 aromatic rings. The molecule has 8 heteroatoms. The first-order chi connectivity index (χ1) is 17.7. The lowest BCUT2D eigenvalue weighted by molar-refractivity contribution is -0.132. The van der Waals surface area contributed by atoms with Crippen LogP contribution in [0.2, 0.25) is 0 Å². The molecule has 37 heavy (non-hydrogen) atoms. The molecule has 1 amide bonds. The quantitative estimate of drug-likeness (QED) is 0.269. The van der Waals surface area contributed by atoms with E-state index >= 15 is 0 Å². The van der Waals surface area contributed by atoms with Crippen LogP contribution in [-0.4, -0.2) is 60.0 Å². The summed E-state index contributed by atoms with van der Waals surface area (Å²) in [7, 11) is 2.11. The second-order valence-electron chi connectivity index (χ2n) is 9.53. The van der Waals surface area contributed by atoms with E-state index in [-0.39, 0.29) is 17.1 Å². The lowest BCUT2D eigenvalue weighted by atomic mass is 9.94. The van der Waals surface area contributed by atoms with Crippen LogP contribution in [0.4, 0.5) is 11.4 Å². The van der Waals surface area contributed by atoms with E-state index in [9.17, 15) is 19.8 Å². The third kappa shape index (κ3) is 4.74. The van der Waals surface area contributed by atoms with Crippen molar-refractivity contribution in [1.29, 1.82) is 0 Å². The van der Waals surface area contributed by atoms with Crippen molar-refractivity contribution in [3.63, 3.8) is 0 Å². The van der Waals surface area contributed by atoms with E-state index in [4.69, 9.17) is 0 Å². The molecule has 1 unspecified atom stereocenters. The van der Waals surface area contributed by atoms with Crippen LogP contribution in [0, 0.1) is 6.92 Å². The van der Waals surface area contributed by atoms with Gasteiger partial charge in [-0.1, -0.05) is 34.1 Å². The zero-order chi connectivity index (χ0) is 26.3. The fraction of sp³-hybridized carbons (Fsp3) is 0.241. The van der Waals surface area contributed by atoms with E-state index in [0.29, 0.717) is 16.8 Å². The number of amides is 1. The third-order valence-corrected chi connectivity index (χ3v) is 7.97. The summed E-state index contributed by atoms with van der Waals surface area (Å²) in [6, 6.07) is 18.4. The van der Waals surface area contributed by atoms with Crippen LogP contribution in [0.1, 0.15) is 22.7 Å². The molecule has 0 saturated carbocycles. The van der Waals surface area contributed by atoms with E-state index in [1.807, 2.05) is 31.2 Å². The summed E-state index contributed by atoms with van der Waals surface area (Å²) >= 11 is 3.46. The number of carbonyl (C=O) groups is 2. The Morgan fingerprint density at radius 2 is 1.51 bits per heavy atom. The fourth-order valence-corrected chi connectivity index (χ4v) is 5.15. The molecule has 0 radical (unpaired) electrons. The Balaban J connectivity index is 1.58. The largest absolute Gasteiger partial charge is 0.508 e. The predicted molar refractivity (Wildman–Crippen MR) is 148 cm³/mol. The number of anilines is 2. The average molecular weight is 562 g/mol. The number of benzene rings is 3. The first-order valence-electron chi connectivity index (χ1n) is 12.1. The van der Waals surface area contributed by atoms with E-state index in [1.165, 1.54) is 17.0 Å². The average Bonchev–Trinajstić information content (AvgIpc) is 3.16. The number of hydrogen-bond acceptors (Lipinski definition) is 6. The molecular weight excluding hydrogens is 534 g/mol. The van der Waals surface area contributed by atoms with Crippen molar-refractivity contribution in [1.82, 2.24) is 4.90 Å². The van der Waals surface area contributed by atoms with Crippen LogP contribution in [0.15, 0.2) is 76.8 Å². The monoisotopic (exact) mass is 561 g/mol. The number of nitrogens with zero attached hydrogens (tertiary/aromatic N) is 3. The van der Waals surface area contributed by atoms with Crippen molar-refractivity contribution >= 4 is 44.8 Å². The van der Waals surface area contributed by atoms with Gasteiger partial charge in [-0.3, -0.25) is 14.5 Å². The number of aliphatic hydroxyl groups is 1. The van der Waals surface area contributed by atoms with Gasteiger partial charge in [0, 0.05) is 47.6 Å². The molecule has 5 rings (SSSR count). The first kappa shape index (κ1) is 25.0. The normalized spacial score (nSPS) is 20.0. The molecule has 2 saturated heterocycles. The number of likely N-dealkylation sites (N-methyl/N-ethyl adjacent to an activating group) is 1. The van der Waals surface area contributed by atoms with Gasteiger partial charge in [0.05, 0.1) is 11.6 Å². The third-order valence-electron chi connectivity index (χ3n) is 7.08. The van der Waals surface area contributed by atoms with Gasteiger partial charge >= 0.3 is 0 Å². The number of halogens is 1. The minimum absolute atomic E-state index is 0.0144. The van der Waals surface area contributed by atoms with Crippen molar-refractivity contribution < 1.29 is 19.8 Å². The number of hydrogen-bond donors (Lipinski definition) is 2. The Morgan fingerprint density at radius 3 is 2.14 bits per heavy atom. The molecule has 0 aliphatic carbocycles. The number of Topliss-reactive ketones (excluding diaryl/α,β-unsaturated/α-hetero) is 1. The van der Waals surface area contributed by atoms with Crippen LogP contribution in [0.5, 0.6) is 5.75 Å². The number of aromatic hydroxyl groups is 1. The summed E-state index contributed by atoms with van der Waals surface area (Å²) in [6.07, 6.45) is 0. The van der Waals surface area contributed by atoms with Gasteiger partial charge in [0.25, 0.3) is 11.7 Å². The van der Waals surface area contributed by atoms with E-state index in [0.717, 1.165) is 41.9 Å². The molecule has 2 aliphatic heterocycles. The zero-order valence-electron chi connectivity index (χ0n) is 20.7. The van der Waals surface area contributed by atoms with Gasteiger partial charge in [0.15, 0.2) is 0 Å². The van der Waals surface area contributed by atoms with E-state index in [2.05, 4.69) is 32.8 Å². The Hall–Kier alpha value is -3.62. The number of aryl methyl sites for hydroxylation is 1. The van der Waals surface area contributed by atoms with Gasteiger partial charge < -0.3 is 20.0 Å². The topological polar surface area (TPSA) is 84.3 Å². The number of rotatable bonds is 4. The van der Waals surface area contributed by atoms with Gasteiger partial charge in [0.2, 0.25) is 0 Å². The number of piperazine rings is 1. The summed E-state index contributed by atoms with van der Waals surface area (Å²) in [6.45, 7) is 5.68. The fourth-order valence-electron chi connectivity index (χ4n) is 4.91. The maximum Gasteiger partial charge on any atom is 0.300 e. The van der Waals surface area contributed by atoms with Crippen LogP contribution in [0.25, 0.3) is 5.76 Å². The second-order valence-corrected chi connectivity index (χ2v) is 10.4. The lowest BCUT2D eigenvalue weighted by Crippen LogP contribution is -2.44. The number of phenols is 1. The maximum atomic E-state index is 13.4. The minimum Gasteiger partial charge on any atom is -0.508 e. The van der Waals surface area contributed by atoms with Crippen molar-refractivity contribution in [2.45, 2.75) is 13.0 Å². The molecule has 2 aliphatic rings. The highest BCUT2D eigenvalue weighted by atomic mass is 79.9. The molecule has 3 aromatic carbocycles. The van der Waals surface area contributed by atoms with Gasteiger partial charge in [0.1, 0.15) is 11.5 Å². The minimum atomic E-state index is -0.848. The molecule has 0 spiro atoms. The van der Waals surface area contributed by atoms with Crippen LogP contribution >= 0.6 is 15.9 Å². The molecule has 2 N–H and O–H groups in total. The number of carbonyl (C=O) groups excluding carboxylic acids is 2. The van der Waals surface area contributed by atoms with Crippen molar-refractivity contribution in [3.05, 3.63) is 93.5 Å². The van der Waals surface area contributed by atoms with Crippen molar-refractivity contribution in [2.24, 2.45) is 0 Å². The highest BCUT2D eigenvalue weighted by Gasteiger charge is 2.47. The van der Waals surface area contributed by atoms with Gasteiger partial charge in [-0.15, -0.1) is 0 Å². The smallest absolute Gasteiger partial charge is 0.300 e. The van der Waals surface area contributed by atoms with Crippen LogP contribution in [-0.2, 0) is 9.59 Å². The van der Waals surface area contributed by atoms with Gasteiger partial charge in [-0.05, 0) is 73.6 Å². The Kier molecular flexibility index (Phi) is 6.79. The number of aliphatic hydroxyl groups excluding tert-OH is 1. The maximum absolute atomic E-state index is 13.4. The van der Waals surface area contributed by atoms with Crippen molar-refractivity contribution in [2.75, 3.05) is 43.0 Å². The van der Waals surface area contributed by atoms with E-state index < -0.39 is 17.7 Å². The lowest BCUT2D eigenvalue weighted by Gasteiger charge is -2.34. The van der Waals surface area contributed by atoms with Crippen molar-refractivity contribution in [3.8, 4) is 5.75 Å². The summed E-state index contributed by atoms with van der Waals surface area (Å²) in [5, 5.41) is 21.2. The molecule has 2 fully saturated rings. The molecule has 7 nitrogen and oxygen atoms in total. The molecule has 190 valence electrons. The highest BCUT2D eigenvalue weighted by molar-refractivity contribution is 9.10. The molecule has 0 bridgehead atoms. The van der Waals surface area contributed by atoms with E-state index in [1.54, 1.807) is 30.3 Å². The molecule has 0 aromatic heterocycles. The second kappa shape index (κ2) is 10.0.